The fraction of sp³-hybridized carbons (Fsp3) is 0.333. The first-order valence-electron chi connectivity index (χ1n) is 12.6. The Hall–Kier alpha value is -3.80. The molecule has 0 N–H and O–H groups in total. The second-order valence-corrected chi connectivity index (χ2v) is 10.4. The van der Waals surface area contributed by atoms with Crippen molar-refractivity contribution in [2.45, 2.75) is 58.3 Å². The summed E-state index contributed by atoms with van der Waals surface area (Å²) in [5, 5.41) is 15.8. The van der Waals surface area contributed by atoms with Gasteiger partial charge in [-0.25, -0.2) is 4.79 Å². The van der Waals surface area contributed by atoms with Crippen LogP contribution in [0.1, 0.15) is 73.8 Å². The Bertz CT molecular complexity index is 1380. The van der Waals surface area contributed by atoms with Crippen LogP contribution in [0.4, 0.5) is 5.69 Å². The van der Waals surface area contributed by atoms with E-state index in [1.807, 2.05) is 49.4 Å². The quantitative estimate of drug-likeness (QED) is 0.168. The summed E-state index contributed by atoms with van der Waals surface area (Å²) in [6, 6.07) is 19.1. The molecule has 6 heteroatoms. The monoisotopic (exact) mass is 482 g/mol. The van der Waals surface area contributed by atoms with Gasteiger partial charge in [0, 0.05) is 28.7 Å². The van der Waals surface area contributed by atoms with Gasteiger partial charge in [0.2, 0.25) is 0 Å². The van der Waals surface area contributed by atoms with Gasteiger partial charge >= 0.3 is 5.97 Å². The van der Waals surface area contributed by atoms with Crippen molar-refractivity contribution in [3.8, 4) is 11.1 Å². The van der Waals surface area contributed by atoms with Crippen LogP contribution in [-0.4, -0.2) is 16.6 Å². The van der Waals surface area contributed by atoms with E-state index in [9.17, 15) is 14.9 Å². The molecule has 0 aliphatic heterocycles. The molecule has 0 atom stereocenters. The van der Waals surface area contributed by atoms with Gasteiger partial charge < -0.3 is 4.84 Å². The fourth-order valence-electron chi connectivity index (χ4n) is 5.59. The van der Waals surface area contributed by atoms with Crippen molar-refractivity contribution in [3.63, 3.8) is 0 Å². The van der Waals surface area contributed by atoms with Crippen LogP contribution in [0.15, 0.2) is 65.8 Å². The molecule has 3 aromatic rings. The van der Waals surface area contributed by atoms with E-state index >= 15 is 0 Å². The molecule has 2 aliphatic rings. The minimum atomic E-state index is -0.428. The standard InChI is InChI=1S/C30H30N2O4/c1-19-9-7-8-12-23(19)28(31-36-29(33)20-10-5-4-6-11-20)21-13-15-24-25-16-14-22(32(34)35)18-27(25)30(2,3)26(24)17-21/h7-9,12-18,20H,4-6,10-11H2,1-3H3/b31-28-. The van der Waals surface area contributed by atoms with E-state index in [1.54, 1.807) is 12.1 Å². The molecule has 184 valence electrons. The molecule has 0 saturated heterocycles. The number of benzene rings is 3. The van der Waals surface area contributed by atoms with E-state index in [1.165, 1.54) is 0 Å². The first-order chi connectivity index (χ1) is 17.3. The van der Waals surface area contributed by atoms with Crippen LogP contribution >= 0.6 is 0 Å². The average molecular weight is 483 g/mol. The van der Waals surface area contributed by atoms with Crippen molar-refractivity contribution >= 4 is 17.4 Å². The largest absolute Gasteiger partial charge is 0.338 e. The second kappa shape index (κ2) is 9.34. The molecule has 1 saturated carbocycles. The Morgan fingerprint density at radius 2 is 1.64 bits per heavy atom. The number of non-ortho nitro benzene ring substituents is 1. The molecule has 3 aromatic carbocycles. The van der Waals surface area contributed by atoms with Gasteiger partial charge in [0.15, 0.2) is 0 Å². The number of nitro groups is 1. The van der Waals surface area contributed by atoms with E-state index in [0.29, 0.717) is 5.71 Å². The number of carbonyl (C=O) groups is 1. The summed E-state index contributed by atoms with van der Waals surface area (Å²) in [7, 11) is 0. The molecular weight excluding hydrogens is 452 g/mol. The Morgan fingerprint density at radius 3 is 2.33 bits per heavy atom. The average Bonchev–Trinajstić information content (AvgIpc) is 3.11. The molecule has 0 unspecified atom stereocenters. The lowest BCUT2D eigenvalue weighted by Gasteiger charge is -2.22. The molecule has 0 radical (unpaired) electrons. The first-order valence-corrected chi connectivity index (χ1v) is 12.6. The smallest absolute Gasteiger partial charge is 0.317 e. The lowest BCUT2D eigenvalue weighted by molar-refractivity contribution is -0.384. The molecule has 5 rings (SSSR count). The predicted octanol–water partition coefficient (Wildman–Crippen LogP) is 7.09. The second-order valence-electron chi connectivity index (χ2n) is 10.4. The molecule has 1 fully saturated rings. The van der Waals surface area contributed by atoms with Crippen LogP contribution in [-0.2, 0) is 15.0 Å². The van der Waals surface area contributed by atoms with Crippen LogP contribution < -0.4 is 0 Å². The van der Waals surface area contributed by atoms with E-state index in [-0.39, 0.29) is 22.5 Å². The third-order valence-corrected chi connectivity index (χ3v) is 7.71. The highest BCUT2D eigenvalue weighted by molar-refractivity contribution is 6.14. The van der Waals surface area contributed by atoms with Crippen molar-refractivity contribution in [2.24, 2.45) is 11.1 Å². The summed E-state index contributed by atoms with van der Waals surface area (Å²) >= 11 is 0. The minimum absolute atomic E-state index is 0.0895. The van der Waals surface area contributed by atoms with Gasteiger partial charge in [-0.3, -0.25) is 10.1 Å². The number of nitro benzene ring substituents is 1. The molecular formula is C30H30N2O4. The van der Waals surface area contributed by atoms with Gasteiger partial charge in [0.25, 0.3) is 5.69 Å². The zero-order valence-electron chi connectivity index (χ0n) is 20.9. The topological polar surface area (TPSA) is 81.8 Å². The van der Waals surface area contributed by atoms with Gasteiger partial charge in [-0.2, -0.15) is 0 Å². The summed E-state index contributed by atoms with van der Waals surface area (Å²) < 4.78 is 0. The maximum atomic E-state index is 12.8. The van der Waals surface area contributed by atoms with Gasteiger partial charge in [0.1, 0.15) is 5.71 Å². The Morgan fingerprint density at radius 1 is 0.972 bits per heavy atom. The predicted molar refractivity (Wildman–Crippen MR) is 140 cm³/mol. The number of hydrogen-bond acceptors (Lipinski definition) is 5. The van der Waals surface area contributed by atoms with Gasteiger partial charge in [0.05, 0.1) is 10.8 Å². The fourth-order valence-corrected chi connectivity index (χ4v) is 5.59. The number of rotatable bonds is 5. The number of hydrogen-bond donors (Lipinski definition) is 0. The SMILES string of the molecule is Cc1ccccc1/C(=N\OC(=O)C1CCCCC1)c1ccc2c(c1)C(C)(C)c1cc([N+](=O)[O-])ccc1-2. The third kappa shape index (κ3) is 4.21. The molecule has 36 heavy (non-hydrogen) atoms. The van der Waals surface area contributed by atoms with Crippen LogP contribution in [0.5, 0.6) is 0 Å². The zero-order chi connectivity index (χ0) is 25.4. The van der Waals surface area contributed by atoms with Crippen LogP contribution in [0.25, 0.3) is 11.1 Å². The lowest BCUT2D eigenvalue weighted by Crippen LogP contribution is -2.20. The third-order valence-electron chi connectivity index (χ3n) is 7.71. The van der Waals surface area contributed by atoms with Crippen LogP contribution in [0, 0.1) is 23.0 Å². The maximum absolute atomic E-state index is 12.8. The molecule has 2 aliphatic carbocycles. The summed E-state index contributed by atoms with van der Waals surface area (Å²) in [6.07, 6.45) is 4.97. The Balaban J connectivity index is 1.57. The first kappa shape index (κ1) is 23.9. The van der Waals surface area contributed by atoms with Crippen LogP contribution in [0.3, 0.4) is 0 Å². The summed E-state index contributed by atoms with van der Waals surface area (Å²) in [5.41, 5.74) is 7.10. The highest BCUT2D eigenvalue weighted by Crippen LogP contribution is 2.50. The van der Waals surface area contributed by atoms with Crippen molar-refractivity contribution in [2.75, 3.05) is 0 Å². The number of aryl methyl sites for hydroxylation is 1. The minimum Gasteiger partial charge on any atom is -0.317 e. The number of carbonyl (C=O) groups excluding carboxylic acids is 1. The van der Waals surface area contributed by atoms with Crippen molar-refractivity contribution < 1.29 is 14.6 Å². The number of oxime groups is 1. The van der Waals surface area contributed by atoms with Gasteiger partial charge in [-0.05, 0) is 59.7 Å². The van der Waals surface area contributed by atoms with E-state index < -0.39 is 5.41 Å². The Labute approximate surface area is 211 Å². The lowest BCUT2D eigenvalue weighted by atomic mass is 9.81. The normalized spacial score (nSPS) is 16.8. The summed E-state index contributed by atoms with van der Waals surface area (Å²) in [5.74, 6) is -0.355. The van der Waals surface area contributed by atoms with Gasteiger partial charge in [-0.1, -0.05) is 74.7 Å². The molecule has 6 nitrogen and oxygen atoms in total. The van der Waals surface area contributed by atoms with Crippen molar-refractivity contribution in [1.29, 1.82) is 0 Å². The van der Waals surface area contributed by atoms with E-state index in [4.69, 9.17) is 4.84 Å². The van der Waals surface area contributed by atoms with E-state index in [0.717, 1.165) is 71.0 Å². The Kier molecular flexibility index (Phi) is 6.20. The molecule has 0 spiro atoms. The maximum Gasteiger partial charge on any atom is 0.338 e. The van der Waals surface area contributed by atoms with E-state index in [2.05, 4.69) is 25.1 Å². The molecule has 0 amide bonds. The summed E-state index contributed by atoms with van der Waals surface area (Å²) in [6.45, 7) is 6.18. The highest BCUT2D eigenvalue weighted by Gasteiger charge is 2.37. The van der Waals surface area contributed by atoms with Crippen molar-refractivity contribution in [3.05, 3.63) is 98.6 Å². The molecule has 0 bridgehead atoms. The zero-order valence-corrected chi connectivity index (χ0v) is 20.9. The molecule has 0 aromatic heterocycles. The van der Waals surface area contributed by atoms with Crippen LogP contribution in [0.2, 0.25) is 0 Å². The van der Waals surface area contributed by atoms with Gasteiger partial charge in [-0.15, -0.1) is 0 Å². The number of nitrogens with zero attached hydrogens (tertiary/aromatic N) is 2. The molecule has 0 heterocycles. The highest BCUT2D eigenvalue weighted by atomic mass is 16.7. The van der Waals surface area contributed by atoms with Crippen molar-refractivity contribution in [1.82, 2.24) is 0 Å². The summed E-state index contributed by atoms with van der Waals surface area (Å²) in [4.78, 5) is 29.4. The number of fused-ring (bicyclic) bond motifs is 3.